The Morgan fingerprint density at radius 3 is 1.28 bits per heavy atom. The third kappa shape index (κ3) is 14.2. The van der Waals surface area contributed by atoms with Crippen molar-refractivity contribution in [3.8, 4) is 20.9 Å². The Bertz CT molecular complexity index is 2570. The zero-order chi connectivity index (χ0) is 49.2. The topological polar surface area (TPSA) is 96.0 Å². The summed E-state index contributed by atoms with van der Waals surface area (Å²) >= 11 is 2.95. The fourth-order valence-electron chi connectivity index (χ4n) is 7.98. The number of benzene rings is 3. The summed E-state index contributed by atoms with van der Waals surface area (Å²) in [6, 6.07) is 18.4. The second-order valence-electron chi connectivity index (χ2n) is 16.3. The number of esters is 3. The van der Waals surface area contributed by atoms with Gasteiger partial charge in [0.1, 0.15) is 49.8 Å². The minimum Gasteiger partial charge on any atom is -0.457 e. The number of alkyl halides is 12. The number of hydrogen-bond donors (Lipinski definition) is 0. The van der Waals surface area contributed by atoms with E-state index in [9.17, 15) is 71.9 Å². The third-order valence-electron chi connectivity index (χ3n) is 10.8. The molecule has 4 atom stereocenters. The van der Waals surface area contributed by atoms with Gasteiger partial charge in [-0.3, -0.25) is 19.2 Å². The predicted molar refractivity (Wildman–Crippen MR) is 224 cm³/mol. The molecule has 0 spiro atoms. The fourth-order valence-corrected chi connectivity index (χ4v) is 10.2. The van der Waals surface area contributed by atoms with Crippen molar-refractivity contribution in [3.05, 3.63) is 82.9 Å². The number of hydrogen-bond acceptors (Lipinski definition) is 9. The van der Waals surface area contributed by atoms with Crippen molar-refractivity contribution < 1.29 is 86.1 Å². The van der Waals surface area contributed by atoms with Crippen LogP contribution in [-0.2, 0) is 33.4 Å². The largest absolute Gasteiger partial charge is 0.457 e. The van der Waals surface area contributed by atoms with Crippen molar-refractivity contribution >= 4 is 66.5 Å². The lowest BCUT2D eigenvalue weighted by molar-refractivity contribution is -0.181. The Kier molecular flexibility index (Phi) is 15.4. The van der Waals surface area contributed by atoms with Gasteiger partial charge >= 0.3 is 42.6 Å². The van der Waals surface area contributed by atoms with Crippen LogP contribution < -0.4 is 0 Å². The molecule has 0 amide bonds. The molecule has 2 heterocycles. The van der Waals surface area contributed by atoms with E-state index >= 15 is 0 Å². The molecule has 7 nitrogen and oxygen atoms in total. The predicted octanol–water partition coefficient (Wildman–Crippen LogP) is 15.1. The van der Waals surface area contributed by atoms with Crippen molar-refractivity contribution in [3.63, 3.8) is 0 Å². The highest BCUT2D eigenvalue weighted by atomic mass is 32.1. The van der Waals surface area contributed by atoms with Gasteiger partial charge in [0.05, 0.1) is 0 Å². The number of halogens is 12. The molecule has 2 aliphatic carbocycles. The maximum absolute atomic E-state index is 12.9. The van der Waals surface area contributed by atoms with Crippen molar-refractivity contribution in [2.45, 2.75) is 127 Å². The number of thiophene rings is 2. The van der Waals surface area contributed by atoms with E-state index in [-0.39, 0.29) is 36.3 Å². The molecule has 21 heteroatoms. The molecule has 0 aliphatic heterocycles. The molecule has 0 N–H and O–H groups in total. The minimum absolute atomic E-state index is 0.0273. The summed E-state index contributed by atoms with van der Waals surface area (Å²) in [4.78, 5) is 48.3. The second kappa shape index (κ2) is 20.2. The lowest BCUT2D eigenvalue weighted by Gasteiger charge is -2.31. The van der Waals surface area contributed by atoms with E-state index in [0.29, 0.717) is 30.4 Å². The first-order chi connectivity index (χ1) is 31.1. The van der Waals surface area contributed by atoms with Crippen LogP contribution in [0.15, 0.2) is 60.7 Å². The molecule has 0 bridgehead atoms. The van der Waals surface area contributed by atoms with Crippen LogP contribution >= 0.6 is 22.7 Å². The summed E-state index contributed by atoms with van der Waals surface area (Å²) in [5.74, 6) is -4.97. The molecule has 2 aliphatic rings. The van der Waals surface area contributed by atoms with Crippen LogP contribution in [0.25, 0.3) is 41.1 Å². The van der Waals surface area contributed by atoms with Gasteiger partial charge in [-0.25, -0.2) is 0 Å². The van der Waals surface area contributed by atoms with Crippen LogP contribution in [0.3, 0.4) is 0 Å². The normalized spacial score (nSPS) is 18.7. The van der Waals surface area contributed by atoms with Gasteiger partial charge in [-0.2, -0.15) is 52.7 Å². The Morgan fingerprint density at radius 1 is 0.507 bits per heavy atom. The number of rotatable bonds is 11. The van der Waals surface area contributed by atoms with Crippen LogP contribution in [0, 0.1) is 0 Å². The molecule has 4 unspecified atom stereocenters. The van der Waals surface area contributed by atoms with Gasteiger partial charge in [-0.05, 0) is 119 Å². The highest BCUT2D eigenvalue weighted by Crippen LogP contribution is 2.47. The first-order valence-electron chi connectivity index (χ1n) is 20.8. The van der Waals surface area contributed by atoms with Crippen molar-refractivity contribution in [1.29, 1.82) is 0 Å². The molecule has 0 saturated carbocycles. The van der Waals surface area contributed by atoms with E-state index in [2.05, 4.69) is 0 Å². The molecule has 67 heavy (non-hydrogen) atoms. The van der Waals surface area contributed by atoms with E-state index < -0.39 is 92.4 Å². The summed E-state index contributed by atoms with van der Waals surface area (Å²) in [6.45, 7) is 3.69. The van der Waals surface area contributed by atoms with E-state index in [1.807, 2.05) is 43.3 Å². The Hall–Kier alpha value is -5.18. The number of carbonyl (C=O) groups is 4. The number of ketones is 1. The zero-order valence-electron chi connectivity index (χ0n) is 35.4. The lowest BCUT2D eigenvalue weighted by atomic mass is 9.81. The third-order valence-corrected chi connectivity index (χ3v) is 13.1. The Labute approximate surface area is 382 Å². The van der Waals surface area contributed by atoms with Crippen LogP contribution in [0.2, 0.25) is 0 Å². The van der Waals surface area contributed by atoms with E-state index in [0.717, 1.165) is 41.1 Å². The standard InChI is InChI=1S/C40H31F9O6S2.C6H9F3O/c1-19-2-7-28(53-35(50)16-38(41,42)43)24-5-3-20(10-26(19)24)31-12-22-14-34-23(15-33(22)56-31)13-32(57-34)21-4-6-25-27(11-21)30(55-37(52)18-40(47,48)49)9-8-29(25)54-36(51)17-39(44,45)46;1-2-3-5(10)4-6(7,8)9/h3-6,10-15,19,28-30H,2,7-9,16-18H2,1H3;2-4H2,1H3. The molecule has 2 aromatic heterocycles. The van der Waals surface area contributed by atoms with E-state index in [1.165, 1.54) is 28.7 Å². The van der Waals surface area contributed by atoms with Gasteiger partial charge < -0.3 is 14.2 Å². The fraction of sp³-hybridized carbons (Fsp3) is 0.435. The van der Waals surface area contributed by atoms with Crippen molar-refractivity contribution in [2.24, 2.45) is 0 Å². The quantitative estimate of drug-likeness (QED) is 0.0739. The summed E-state index contributed by atoms with van der Waals surface area (Å²) < 4.78 is 167. The second-order valence-corrected chi connectivity index (χ2v) is 18.5. The zero-order valence-corrected chi connectivity index (χ0v) is 37.0. The Balaban J connectivity index is 0.000000664. The lowest BCUT2D eigenvalue weighted by Crippen LogP contribution is -2.26. The van der Waals surface area contributed by atoms with Gasteiger partial charge in [0.25, 0.3) is 0 Å². The highest BCUT2D eigenvalue weighted by Gasteiger charge is 2.39. The molecule has 0 saturated heterocycles. The SMILES string of the molecule is CC1CCC(OC(=O)CC(F)(F)F)c2ccc(-c3cc4cc5sc(-c6ccc7c(c6)C(OC(=O)CC(F)(F)F)CCC7OC(=O)CC(F)(F)F)cc5cc4s3)cc21.CCCC(=O)CC(F)(F)F. The first kappa shape index (κ1) is 51.2. The monoisotopic (exact) mass is 996 g/mol. The average Bonchev–Trinajstić information content (AvgIpc) is 3.80. The summed E-state index contributed by atoms with van der Waals surface area (Å²) in [7, 11) is 0. The minimum atomic E-state index is -4.82. The molecular weight excluding hydrogens is 957 g/mol. The summed E-state index contributed by atoms with van der Waals surface area (Å²) in [6.07, 6.45) is -26.8. The molecular formula is C46H40F12O7S2. The number of carbonyl (C=O) groups excluding carboxylic acids is 4. The molecule has 3 aromatic carbocycles. The summed E-state index contributed by atoms with van der Waals surface area (Å²) in [5.41, 5.74) is 3.55. The van der Waals surface area contributed by atoms with Crippen molar-refractivity contribution in [1.82, 2.24) is 0 Å². The molecule has 362 valence electrons. The van der Waals surface area contributed by atoms with Gasteiger partial charge in [-0.15, -0.1) is 22.7 Å². The van der Waals surface area contributed by atoms with Gasteiger partial charge in [0.2, 0.25) is 0 Å². The van der Waals surface area contributed by atoms with Crippen LogP contribution in [0.4, 0.5) is 52.7 Å². The van der Waals surface area contributed by atoms with Gasteiger partial charge in [0, 0.05) is 25.6 Å². The molecule has 5 aromatic rings. The Morgan fingerprint density at radius 2 is 0.881 bits per heavy atom. The molecule has 7 rings (SSSR count). The first-order valence-corrected chi connectivity index (χ1v) is 22.4. The smallest absolute Gasteiger partial charge is 0.399 e. The summed E-state index contributed by atoms with van der Waals surface area (Å²) in [5, 5.41) is 1.81. The number of ether oxygens (including phenoxy) is 3. The number of Topliss-reactive ketones (excluding diaryl/α,β-unsaturated/α-hetero) is 1. The van der Waals surface area contributed by atoms with Gasteiger partial charge in [0.15, 0.2) is 0 Å². The van der Waals surface area contributed by atoms with Crippen LogP contribution in [0.1, 0.15) is 125 Å². The van der Waals surface area contributed by atoms with Gasteiger partial charge in [-0.1, -0.05) is 38.1 Å². The maximum atomic E-state index is 12.9. The molecule has 0 radical (unpaired) electrons. The maximum Gasteiger partial charge on any atom is 0.399 e. The molecule has 0 fully saturated rings. The average molecular weight is 997 g/mol. The number of fused-ring (bicyclic) bond motifs is 4. The van der Waals surface area contributed by atoms with E-state index in [1.54, 1.807) is 25.1 Å². The van der Waals surface area contributed by atoms with Crippen LogP contribution in [-0.4, -0.2) is 48.4 Å². The van der Waals surface area contributed by atoms with Crippen LogP contribution in [0.5, 0.6) is 0 Å². The van der Waals surface area contributed by atoms with E-state index in [4.69, 9.17) is 14.2 Å². The highest BCUT2D eigenvalue weighted by molar-refractivity contribution is 7.23. The van der Waals surface area contributed by atoms with Crippen molar-refractivity contribution in [2.75, 3.05) is 0 Å².